The molecule has 2 N–H and O–H groups in total. The van der Waals surface area contributed by atoms with Gasteiger partial charge in [0.15, 0.2) is 10.9 Å². The van der Waals surface area contributed by atoms with E-state index in [2.05, 4.69) is 25.5 Å². The molecule has 0 saturated heterocycles. The Labute approximate surface area is 189 Å². The van der Waals surface area contributed by atoms with Crippen LogP contribution >= 0.6 is 11.3 Å². The number of aromatic amines is 1. The lowest BCUT2D eigenvalue weighted by Crippen LogP contribution is -2.03. The zero-order valence-corrected chi connectivity index (χ0v) is 18.0. The molecular formula is C24H21N5O2S. The van der Waals surface area contributed by atoms with Gasteiger partial charge >= 0.3 is 0 Å². The Hall–Kier alpha value is -3.91. The number of benzene rings is 2. The molecule has 0 unspecified atom stereocenters. The minimum absolute atomic E-state index is 0.465. The molecule has 5 rings (SSSR count). The number of ether oxygens (including phenoxy) is 2. The van der Waals surface area contributed by atoms with Crippen LogP contribution in [0.4, 0.5) is 10.9 Å². The predicted molar refractivity (Wildman–Crippen MR) is 126 cm³/mol. The topological polar surface area (TPSA) is 85.0 Å². The van der Waals surface area contributed by atoms with Gasteiger partial charge in [0.2, 0.25) is 0 Å². The lowest BCUT2D eigenvalue weighted by Gasteiger charge is -2.11. The highest BCUT2D eigenvalue weighted by Crippen LogP contribution is 2.35. The summed E-state index contributed by atoms with van der Waals surface area (Å²) in [4.78, 5) is 8.64. The number of H-pyrrole nitrogens is 1. The quantitative estimate of drug-likeness (QED) is 0.319. The molecule has 0 aliphatic carbocycles. The van der Waals surface area contributed by atoms with Crippen LogP contribution in [0, 0.1) is 0 Å². The van der Waals surface area contributed by atoms with Gasteiger partial charge in [0.1, 0.15) is 23.6 Å². The smallest absolute Gasteiger partial charge is 0.188 e. The first-order valence-electron chi connectivity index (χ1n) is 10.2. The van der Waals surface area contributed by atoms with E-state index in [1.54, 1.807) is 12.4 Å². The summed E-state index contributed by atoms with van der Waals surface area (Å²) in [6.07, 6.45) is 4.25. The minimum atomic E-state index is 0.465. The molecule has 0 bridgehead atoms. The maximum atomic E-state index is 6.13. The van der Waals surface area contributed by atoms with Crippen LogP contribution in [0.3, 0.4) is 0 Å². The van der Waals surface area contributed by atoms with Crippen LogP contribution in [0.5, 0.6) is 11.5 Å². The SMILES string of the molecule is c1ccc(COc2cc(OCCc3ccccn3)c3[nH]nc(Nc4nccs4)c3c2)cc1. The van der Waals surface area contributed by atoms with Gasteiger partial charge in [-0.05, 0) is 23.8 Å². The van der Waals surface area contributed by atoms with Crippen molar-refractivity contribution in [2.45, 2.75) is 13.0 Å². The van der Waals surface area contributed by atoms with Gasteiger partial charge in [-0.2, -0.15) is 5.10 Å². The minimum Gasteiger partial charge on any atom is -0.491 e. The molecule has 0 aliphatic heterocycles. The number of hydrogen-bond acceptors (Lipinski definition) is 7. The molecular weight excluding hydrogens is 422 g/mol. The molecule has 7 nitrogen and oxygen atoms in total. The summed E-state index contributed by atoms with van der Waals surface area (Å²) < 4.78 is 12.2. The van der Waals surface area contributed by atoms with Crippen molar-refractivity contribution in [1.29, 1.82) is 0 Å². The van der Waals surface area contributed by atoms with Gasteiger partial charge in [0.25, 0.3) is 0 Å². The number of nitrogens with one attached hydrogen (secondary N) is 2. The fourth-order valence-electron chi connectivity index (χ4n) is 3.30. The lowest BCUT2D eigenvalue weighted by molar-refractivity contribution is 0.297. The molecule has 0 spiro atoms. The third-order valence-electron chi connectivity index (χ3n) is 4.86. The monoisotopic (exact) mass is 443 g/mol. The standard InChI is InChI=1S/C24H21N5O2S/c1-2-6-17(7-3-1)16-31-19-14-20-22(28-29-23(20)27-24-26-11-13-32-24)21(15-19)30-12-9-18-8-4-5-10-25-18/h1-8,10-11,13-15H,9,12,16H2,(H2,26,27,28,29). The van der Waals surface area contributed by atoms with Gasteiger partial charge in [-0.15, -0.1) is 11.3 Å². The van der Waals surface area contributed by atoms with Crippen molar-refractivity contribution in [1.82, 2.24) is 20.2 Å². The molecule has 2 aromatic carbocycles. The van der Waals surface area contributed by atoms with Crippen LogP contribution in [0.1, 0.15) is 11.3 Å². The van der Waals surface area contributed by atoms with E-state index >= 15 is 0 Å². The first-order valence-corrected chi connectivity index (χ1v) is 11.1. The average Bonchev–Trinajstić information content (AvgIpc) is 3.50. The Morgan fingerprint density at radius 1 is 0.938 bits per heavy atom. The third-order valence-corrected chi connectivity index (χ3v) is 5.55. The van der Waals surface area contributed by atoms with Gasteiger partial charge < -0.3 is 14.8 Å². The van der Waals surface area contributed by atoms with E-state index in [0.29, 0.717) is 37.0 Å². The summed E-state index contributed by atoms with van der Waals surface area (Å²) in [5, 5.41) is 14.3. The maximum Gasteiger partial charge on any atom is 0.188 e. The molecule has 0 amide bonds. The van der Waals surface area contributed by atoms with E-state index < -0.39 is 0 Å². The summed E-state index contributed by atoms with van der Waals surface area (Å²) >= 11 is 1.51. The fraction of sp³-hybridized carbons (Fsp3) is 0.125. The Balaban J connectivity index is 1.41. The van der Waals surface area contributed by atoms with Crippen molar-refractivity contribution < 1.29 is 9.47 Å². The number of fused-ring (bicyclic) bond motifs is 1. The second-order valence-electron chi connectivity index (χ2n) is 7.07. The second kappa shape index (κ2) is 9.49. The molecule has 5 aromatic rings. The lowest BCUT2D eigenvalue weighted by atomic mass is 10.2. The van der Waals surface area contributed by atoms with E-state index in [1.165, 1.54) is 11.3 Å². The van der Waals surface area contributed by atoms with Crippen LogP contribution < -0.4 is 14.8 Å². The van der Waals surface area contributed by atoms with Crippen LogP contribution in [0.2, 0.25) is 0 Å². The van der Waals surface area contributed by atoms with Crippen molar-refractivity contribution in [3.8, 4) is 11.5 Å². The predicted octanol–water partition coefficient (Wildman–Crippen LogP) is 5.36. The maximum absolute atomic E-state index is 6.13. The number of pyridine rings is 1. The third kappa shape index (κ3) is 4.70. The van der Waals surface area contributed by atoms with E-state index in [-0.39, 0.29) is 0 Å². The molecule has 3 heterocycles. The Kier molecular flexibility index (Phi) is 5.93. The second-order valence-corrected chi connectivity index (χ2v) is 7.97. The Morgan fingerprint density at radius 3 is 2.66 bits per heavy atom. The first-order chi connectivity index (χ1) is 15.8. The summed E-state index contributed by atoms with van der Waals surface area (Å²) in [5.74, 6) is 2.06. The van der Waals surface area contributed by atoms with Crippen molar-refractivity contribution in [2.24, 2.45) is 0 Å². The molecule has 0 saturated carbocycles. The van der Waals surface area contributed by atoms with E-state index in [1.807, 2.05) is 66.0 Å². The van der Waals surface area contributed by atoms with Gasteiger partial charge in [0.05, 0.1) is 12.0 Å². The number of nitrogens with zero attached hydrogens (tertiary/aromatic N) is 3. The molecule has 160 valence electrons. The molecule has 0 fully saturated rings. The average molecular weight is 444 g/mol. The highest BCUT2D eigenvalue weighted by atomic mass is 32.1. The summed E-state index contributed by atoms with van der Waals surface area (Å²) in [5.41, 5.74) is 2.88. The zero-order valence-electron chi connectivity index (χ0n) is 17.2. The first kappa shape index (κ1) is 20.0. The number of aromatic nitrogens is 4. The van der Waals surface area contributed by atoms with E-state index in [4.69, 9.17) is 9.47 Å². The van der Waals surface area contributed by atoms with Crippen LogP contribution in [0.25, 0.3) is 10.9 Å². The molecule has 0 radical (unpaired) electrons. The van der Waals surface area contributed by atoms with Crippen LogP contribution in [0.15, 0.2) is 78.4 Å². The van der Waals surface area contributed by atoms with Crippen molar-refractivity contribution in [3.63, 3.8) is 0 Å². The number of anilines is 2. The molecule has 0 aliphatic rings. The van der Waals surface area contributed by atoms with Crippen LogP contribution in [-0.2, 0) is 13.0 Å². The number of hydrogen-bond donors (Lipinski definition) is 2. The van der Waals surface area contributed by atoms with E-state index in [0.717, 1.165) is 27.3 Å². The zero-order chi connectivity index (χ0) is 21.6. The van der Waals surface area contributed by atoms with Gasteiger partial charge in [0, 0.05) is 36.0 Å². The largest absolute Gasteiger partial charge is 0.491 e. The van der Waals surface area contributed by atoms with Crippen molar-refractivity contribution in [3.05, 3.63) is 89.7 Å². The van der Waals surface area contributed by atoms with Crippen molar-refractivity contribution in [2.75, 3.05) is 11.9 Å². The normalized spacial score (nSPS) is 10.9. The van der Waals surface area contributed by atoms with Gasteiger partial charge in [-0.1, -0.05) is 36.4 Å². The summed E-state index contributed by atoms with van der Waals surface area (Å²) in [6.45, 7) is 0.954. The van der Waals surface area contributed by atoms with E-state index in [9.17, 15) is 0 Å². The van der Waals surface area contributed by atoms with Crippen molar-refractivity contribution >= 4 is 33.2 Å². The highest BCUT2D eigenvalue weighted by molar-refractivity contribution is 7.13. The molecule has 3 aromatic heterocycles. The number of rotatable bonds is 9. The molecule has 32 heavy (non-hydrogen) atoms. The molecule has 0 atom stereocenters. The highest BCUT2D eigenvalue weighted by Gasteiger charge is 2.15. The summed E-state index contributed by atoms with van der Waals surface area (Å²) in [7, 11) is 0. The fourth-order valence-corrected chi connectivity index (χ4v) is 3.82. The Bertz CT molecular complexity index is 1270. The van der Waals surface area contributed by atoms with Gasteiger partial charge in [-0.25, -0.2) is 4.98 Å². The molecule has 8 heteroatoms. The van der Waals surface area contributed by atoms with Gasteiger partial charge in [-0.3, -0.25) is 10.1 Å². The number of thiazole rings is 1. The van der Waals surface area contributed by atoms with Crippen LogP contribution in [-0.4, -0.2) is 26.8 Å². The Morgan fingerprint density at radius 2 is 1.84 bits per heavy atom. The summed E-state index contributed by atoms with van der Waals surface area (Å²) in [6, 6.07) is 19.8.